The Kier molecular flexibility index (Phi) is 10.1. The first-order chi connectivity index (χ1) is 18.9. The summed E-state index contributed by atoms with van der Waals surface area (Å²) in [6, 6.07) is 16.7. The van der Waals surface area contributed by atoms with Gasteiger partial charge in [-0.2, -0.15) is 0 Å². The van der Waals surface area contributed by atoms with Gasteiger partial charge < -0.3 is 20.6 Å². The number of imidazole rings is 2. The maximum Gasteiger partial charge on any atom is 0.251 e. The number of hydrogen-bond donors (Lipinski definition) is 4. The molecule has 2 aromatic heterocycles. The van der Waals surface area contributed by atoms with Gasteiger partial charge in [0.2, 0.25) is 0 Å². The molecule has 0 spiro atoms. The number of aromatic nitrogens is 4. The van der Waals surface area contributed by atoms with Crippen LogP contribution in [0.3, 0.4) is 0 Å². The number of carbonyl (C=O) groups is 1. The lowest BCUT2D eigenvalue weighted by Crippen LogP contribution is -2.26. The van der Waals surface area contributed by atoms with E-state index in [1.165, 1.54) is 11.1 Å². The number of nitrogens with one attached hydrogen (secondary N) is 4. The van der Waals surface area contributed by atoms with E-state index in [1.54, 1.807) is 12.4 Å². The Labute approximate surface area is 231 Å². The molecular weight excluding hydrogens is 486 g/mol. The minimum absolute atomic E-state index is 0.0310. The standard InChI is InChI=1S/C31H41N7O/c1-31(2,3)27-12-8-24(9-13-27)20-32-14-4-5-15-37-30(39)26-10-6-25(7-11-26)21-38(22-28-33-16-17-34-28)23-29-35-18-19-36-29/h6-13,16-19,32H,4-5,14-15,20-23H2,1-3H3,(H,33,34)(H,35,36)(H,37,39). The molecule has 0 radical (unpaired) electrons. The molecule has 39 heavy (non-hydrogen) atoms. The second-order valence-electron chi connectivity index (χ2n) is 11.0. The van der Waals surface area contributed by atoms with Crippen LogP contribution >= 0.6 is 0 Å². The van der Waals surface area contributed by atoms with Crippen LogP contribution in [0.1, 0.15) is 72.3 Å². The van der Waals surface area contributed by atoms with Gasteiger partial charge in [0.25, 0.3) is 5.91 Å². The number of carbonyl (C=O) groups excluding carboxylic acids is 1. The van der Waals surface area contributed by atoms with E-state index >= 15 is 0 Å². The molecule has 0 fully saturated rings. The summed E-state index contributed by atoms with van der Waals surface area (Å²) >= 11 is 0. The minimum Gasteiger partial charge on any atom is -0.352 e. The monoisotopic (exact) mass is 527 g/mol. The normalized spacial score (nSPS) is 11.7. The Bertz CT molecular complexity index is 1210. The molecule has 206 valence electrons. The summed E-state index contributed by atoms with van der Waals surface area (Å²) in [5.74, 6) is 1.78. The lowest BCUT2D eigenvalue weighted by atomic mass is 9.87. The van der Waals surface area contributed by atoms with Crippen molar-refractivity contribution in [2.24, 2.45) is 0 Å². The Morgan fingerprint density at radius 2 is 1.38 bits per heavy atom. The molecule has 4 rings (SSSR count). The first-order valence-electron chi connectivity index (χ1n) is 13.7. The summed E-state index contributed by atoms with van der Waals surface area (Å²) in [4.78, 5) is 29.9. The molecule has 1 amide bonds. The molecule has 8 nitrogen and oxygen atoms in total. The van der Waals surface area contributed by atoms with Crippen LogP contribution in [-0.2, 0) is 31.6 Å². The van der Waals surface area contributed by atoms with Gasteiger partial charge in [-0.3, -0.25) is 9.69 Å². The van der Waals surface area contributed by atoms with Gasteiger partial charge in [-0.15, -0.1) is 0 Å². The van der Waals surface area contributed by atoms with Gasteiger partial charge in [-0.25, -0.2) is 9.97 Å². The maximum atomic E-state index is 12.6. The van der Waals surface area contributed by atoms with Gasteiger partial charge >= 0.3 is 0 Å². The molecular formula is C31H41N7O. The van der Waals surface area contributed by atoms with Crippen molar-refractivity contribution in [1.29, 1.82) is 0 Å². The lowest BCUT2D eigenvalue weighted by molar-refractivity contribution is 0.0953. The summed E-state index contributed by atoms with van der Waals surface area (Å²) in [6.07, 6.45) is 9.14. The van der Waals surface area contributed by atoms with Crippen molar-refractivity contribution >= 4 is 5.91 Å². The summed E-state index contributed by atoms with van der Waals surface area (Å²) in [6.45, 7) is 11.2. The number of aromatic amines is 2. The highest BCUT2D eigenvalue weighted by Crippen LogP contribution is 2.22. The molecule has 0 aliphatic carbocycles. The average molecular weight is 528 g/mol. The van der Waals surface area contributed by atoms with Gasteiger partial charge in [-0.05, 0) is 53.6 Å². The maximum absolute atomic E-state index is 12.6. The highest BCUT2D eigenvalue weighted by molar-refractivity contribution is 5.94. The molecule has 0 saturated carbocycles. The highest BCUT2D eigenvalue weighted by Gasteiger charge is 2.13. The van der Waals surface area contributed by atoms with E-state index in [1.807, 2.05) is 36.7 Å². The van der Waals surface area contributed by atoms with E-state index in [2.05, 4.69) is 80.5 Å². The van der Waals surface area contributed by atoms with E-state index in [0.29, 0.717) is 25.2 Å². The van der Waals surface area contributed by atoms with Crippen LogP contribution in [0.5, 0.6) is 0 Å². The van der Waals surface area contributed by atoms with E-state index in [9.17, 15) is 4.79 Å². The zero-order valence-electron chi connectivity index (χ0n) is 23.3. The molecule has 0 bridgehead atoms. The Balaban J connectivity index is 1.15. The molecule has 0 saturated heterocycles. The molecule has 2 aromatic carbocycles. The van der Waals surface area contributed by atoms with Gasteiger partial charge in [0.1, 0.15) is 11.6 Å². The summed E-state index contributed by atoms with van der Waals surface area (Å²) in [5.41, 5.74) is 4.64. The topological polar surface area (TPSA) is 102 Å². The number of rotatable bonds is 14. The average Bonchev–Trinajstić information content (AvgIpc) is 3.63. The number of hydrogen-bond acceptors (Lipinski definition) is 5. The predicted molar refractivity (Wildman–Crippen MR) is 155 cm³/mol. The lowest BCUT2D eigenvalue weighted by Gasteiger charge is -2.20. The Morgan fingerprint density at radius 1 is 0.795 bits per heavy atom. The third-order valence-corrected chi connectivity index (χ3v) is 6.69. The van der Waals surface area contributed by atoms with Crippen molar-refractivity contribution in [3.63, 3.8) is 0 Å². The van der Waals surface area contributed by atoms with Crippen LogP contribution < -0.4 is 10.6 Å². The number of unbranched alkanes of at least 4 members (excludes halogenated alkanes) is 1. The fraction of sp³-hybridized carbons (Fsp3) is 0.387. The number of nitrogens with zero attached hydrogens (tertiary/aromatic N) is 3. The number of H-pyrrole nitrogens is 2. The van der Waals surface area contributed by atoms with Crippen molar-refractivity contribution in [2.75, 3.05) is 13.1 Å². The second kappa shape index (κ2) is 13.9. The third-order valence-electron chi connectivity index (χ3n) is 6.69. The van der Waals surface area contributed by atoms with Gasteiger partial charge in [0, 0.05) is 50.0 Å². The summed E-state index contributed by atoms with van der Waals surface area (Å²) in [5, 5.41) is 6.55. The van der Waals surface area contributed by atoms with Crippen LogP contribution in [0.4, 0.5) is 0 Å². The van der Waals surface area contributed by atoms with Crippen LogP contribution in [0.25, 0.3) is 0 Å². The fourth-order valence-corrected chi connectivity index (χ4v) is 4.41. The van der Waals surface area contributed by atoms with Crippen LogP contribution in [-0.4, -0.2) is 43.8 Å². The van der Waals surface area contributed by atoms with Crippen molar-refractivity contribution < 1.29 is 4.79 Å². The minimum atomic E-state index is -0.0310. The smallest absolute Gasteiger partial charge is 0.251 e. The second-order valence-corrected chi connectivity index (χ2v) is 11.0. The third kappa shape index (κ3) is 9.19. The number of amides is 1. The molecule has 0 atom stereocenters. The molecule has 4 N–H and O–H groups in total. The van der Waals surface area contributed by atoms with Crippen molar-refractivity contribution in [1.82, 2.24) is 35.5 Å². The zero-order chi connectivity index (χ0) is 27.5. The van der Waals surface area contributed by atoms with Crippen molar-refractivity contribution in [2.45, 2.75) is 65.2 Å². The van der Waals surface area contributed by atoms with E-state index in [-0.39, 0.29) is 11.3 Å². The van der Waals surface area contributed by atoms with E-state index in [0.717, 1.165) is 49.7 Å². The molecule has 2 heterocycles. The zero-order valence-corrected chi connectivity index (χ0v) is 23.3. The van der Waals surface area contributed by atoms with Crippen molar-refractivity contribution in [3.8, 4) is 0 Å². The Hall–Kier alpha value is -3.75. The van der Waals surface area contributed by atoms with Crippen LogP contribution in [0.2, 0.25) is 0 Å². The van der Waals surface area contributed by atoms with E-state index in [4.69, 9.17) is 0 Å². The number of benzene rings is 2. The highest BCUT2D eigenvalue weighted by atomic mass is 16.1. The van der Waals surface area contributed by atoms with Crippen LogP contribution in [0.15, 0.2) is 73.3 Å². The largest absolute Gasteiger partial charge is 0.352 e. The van der Waals surface area contributed by atoms with Crippen molar-refractivity contribution in [3.05, 3.63) is 107 Å². The molecule has 0 unspecified atom stereocenters. The Morgan fingerprint density at radius 3 is 1.95 bits per heavy atom. The van der Waals surface area contributed by atoms with E-state index < -0.39 is 0 Å². The first-order valence-corrected chi connectivity index (χ1v) is 13.7. The molecule has 8 heteroatoms. The van der Waals surface area contributed by atoms with Gasteiger partial charge in [0.05, 0.1) is 13.1 Å². The quantitative estimate of drug-likeness (QED) is 0.174. The van der Waals surface area contributed by atoms with Crippen LogP contribution in [0, 0.1) is 0 Å². The molecule has 4 aromatic rings. The first kappa shape index (κ1) is 28.3. The molecule has 0 aliphatic heterocycles. The fourth-order valence-electron chi connectivity index (χ4n) is 4.41. The summed E-state index contributed by atoms with van der Waals surface area (Å²) in [7, 11) is 0. The molecule has 0 aliphatic rings. The van der Waals surface area contributed by atoms with Gasteiger partial charge in [0.15, 0.2) is 0 Å². The van der Waals surface area contributed by atoms with Gasteiger partial charge in [-0.1, -0.05) is 57.2 Å². The predicted octanol–water partition coefficient (Wildman–Crippen LogP) is 4.93. The summed E-state index contributed by atoms with van der Waals surface area (Å²) < 4.78 is 0. The SMILES string of the molecule is CC(C)(C)c1ccc(CNCCCCNC(=O)c2ccc(CN(Cc3ncc[nH]3)Cc3ncc[nH]3)cc2)cc1.